The molecule has 4 rings (SSSR count). The van der Waals surface area contributed by atoms with Crippen molar-refractivity contribution in [2.45, 2.75) is 37.8 Å². The van der Waals surface area contributed by atoms with Gasteiger partial charge in [0.05, 0.1) is 32.7 Å². The summed E-state index contributed by atoms with van der Waals surface area (Å²) in [5.74, 6) is 0.765. The topological polar surface area (TPSA) is 135 Å². The van der Waals surface area contributed by atoms with E-state index in [0.29, 0.717) is 54.5 Å². The van der Waals surface area contributed by atoms with Gasteiger partial charge in [0.1, 0.15) is 0 Å². The van der Waals surface area contributed by atoms with Crippen LogP contribution >= 0.6 is 0 Å². The van der Waals surface area contributed by atoms with Crippen molar-refractivity contribution < 1.29 is 28.6 Å². The Hall–Kier alpha value is -3.99. The van der Waals surface area contributed by atoms with E-state index in [2.05, 4.69) is 15.5 Å². The zero-order valence-corrected chi connectivity index (χ0v) is 22.7. The Morgan fingerprint density at radius 2 is 1.51 bits per heavy atom. The van der Waals surface area contributed by atoms with Gasteiger partial charge in [0.2, 0.25) is 0 Å². The third-order valence-corrected chi connectivity index (χ3v) is 7.33. The molecule has 11 nitrogen and oxygen atoms in total. The molecule has 11 heteroatoms. The first-order valence-corrected chi connectivity index (χ1v) is 13.1. The first-order chi connectivity index (χ1) is 18.8. The van der Waals surface area contributed by atoms with Gasteiger partial charge in [0, 0.05) is 49.4 Å². The smallest absolute Gasteiger partial charge is 0.411 e. The summed E-state index contributed by atoms with van der Waals surface area (Å²) in [4.78, 5) is 42.1. The molecule has 2 aromatic carbocycles. The first-order valence-electron chi connectivity index (χ1n) is 13.1. The summed E-state index contributed by atoms with van der Waals surface area (Å²) in [6, 6.07) is 10.6. The zero-order valence-electron chi connectivity index (χ0n) is 22.7. The van der Waals surface area contributed by atoms with E-state index in [-0.39, 0.29) is 23.9 Å². The van der Waals surface area contributed by atoms with E-state index in [4.69, 9.17) is 19.9 Å². The highest BCUT2D eigenvalue weighted by Gasteiger charge is 2.26. The van der Waals surface area contributed by atoms with Crippen molar-refractivity contribution in [3.8, 4) is 11.5 Å². The van der Waals surface area contributed by atoms with Gasteiger partial charge < -0.3 is 35.1 Å². The number of ether oxygens (including phenoxy) is 3. The summed E-state index contributed by atoms with van der Waals surface area (Å²) < 4.78 is 15.4. The fourth-order valence-electron chi connectivity index (χ4n) is 5.05. The molecule has 0 radical (unpaired) electrons. The van der Waals surface area contributed by atoms with E-state index in [1.54, 1.807) is 42.3 Å². The molecule has 0 atom stereocenters. The van der Waals surface area contributed by atoms with Crippen LogP contribution in [0.3, 0.4) is 0 Å². The van der Waals surface area contributed by atoms with Crippen molar-refractivity contribution in [2.75, 3.05) is 57.7 Å². The first kappa shape index (κ1) is 28.0. The SMILES string of the molecule is COC(=O)Nc1cc(C(=O)NC2CCC(N)CC2)ccc1N1CCN(C(=O)c2ccc(OC)c(OC)c2)CC1. The fourth-order valence-corrected chi connectivity index (χ4v) is 5.05. The van der Waals surface area contributed by atoms with Crippen molar-refractivity contribution in [1.29, 1.82) is 0 Å². The van der Waals surface area contributed by atoms with Gasteiger partial charge in [-0.3, -0.25) is 14.9 Å². The average molecular weight is 540 g/mol. The fraction of sp³-hybridized carbons (Fsp3) is 0.464. The maximum absolute atomic E-state index is 13.1. The van der Waals surface area contributed by atoms with Crippen LogP contribution in [0, 0.1) is 0 Å². The van der Waals surface area contributed by atoms with E-state index in [1.165, 1.54) is 14.2 Å². The zero-order chi connectivity index (χ0) is 27.9. The Bertz CT molecular complexity index is 1190. The third-order valence-electron chi connectivity index (χ3n) is 7.33. The van der Waals surface area contributed by atoms with Crippen molar-refractivity contribution in [3.63, 3.8) is 0 Å². The number of nitrogens with zero attached hydrogens (tertiary/aromatic N) is 2. The molecule has 2 aromatic rings. The van der Waals surface area contributed by atoms with Crippen LogP contribution in [0.25, 0.3) is 0 Å². The Labute approximate surface area is 228 Å². The molecular formula is C28H37N5O6. The Morgan fingerprint density at radius 3 is 2.15 bits per heavy atom. The summed E-state index contributed by atoms with van der Waals surface area (Å²) in [5, 5.41) is 5.83. The standard InChI is InChI=1S/C28H37N5O6/c1-37-24-11-5-19(17-25(24)38-2)27(35)33-14-12-32(13-15-33)23-10-4-18(16-22(23)31-28(36)39-3)26(34)30-21-8-6-20(29)7-9-21/h4-5,10-11,16-17,20-21H,6-9,12-15,29H2,1-3H3,(H,30,34)(H,31,36). The largest absolute Gasteiger partial charge is 0.493 e. The lowest BCUT2D eigenvalue weighted by molar-refractivity contribution is 0.0746. The minimum atomic E-state index is -0.627. The molecule has 0 aromatic heterocycles. The quantitative estimate of drug-likeness (QED) is 0.489. The third kappa shape index (κ3) is 6.72. The number of hydrogen-bond donors (Lipinski definition) is 3. The highest BCUT2D eigenvalue weighted by molar-refractivity contribution is 5.99. The van der Waals surface area contributed by atoms with Crippen LogP contribution in [0.4, 0.5) is 16.2 Å². The molecule has 210 valence electrons. The Kier molecular flexibility index (Phi) is 9.13. The van der Waals surface area contributed by atoms with Crippen LogP contribution in [0.2, 0.25) is 0 Å². The Morgan fingerprint density at radius 1 is 0.846 bits per heavy atom. The summed E-state index contributed by atoms with van der Waals surface area (Å²) in [6.45, 7) is 2.05. The summed E-state index contributed by atoms with van der Waals surface area (Å²) >= 11 is 0. The van der Waals surface area contributed by atoms with Crippen molar-refractivity contribution >= 4 is 29.3 Å². The number of piperazine rings is 1. The van der Waals surface area contributed by atoms with Crippen LogP contribution in [-0.4, -0.2) is 82.4 Å². The highest BCUT2D eigenvalue weighted by atomic mass is 16.5. The second kappa shape index (κ2) is 12.7. The predicted octanol–water partition coefficient (Wildman–Crippen LogP) is 2.84. The molecule has 4 N–H and O–H groups in total. The molecule has 0 unspecified atom stereocenters. The lowest BCUT2D eigenvalue weighted by Crippen LogP contribution is -2.49. The van der Waals surface area contributed by atoms with Gasteiger partial charge in [-0.15, -0.1) is 0 Å². The molecule has 3 amide bonds. The van der Waals surface area contributed by atoms with Gasteiger partial charge in [-0.25, -0.2) is 4.79 Å². The lowest BCUT2D eigenvalue weighted by Gasteiger charge is -2.37. The summed E-state index contributed by atoms with van der Waals surface area (Å²) in [7, 11) is 4.37. The minimum absolute atomic E-state index is 0.0882. The van der Waals surface area contributed by atoms with Crippen LogP contribution in [0.5, 0.6) is 11.5 Å². The van der Waals surface area contributed by atoms with E-state index in [1.807, 2.05) is 6.07 Å². The number of carbonyl (C=O) groups excluding carboxylic acids is 3. The van der Waals surface area contributed by atoms with E-state index >= 15 is 0 Å². The Balaban J connectivity index is 1.45. The highest BCUT2D eigenvalue weighted by Crippen LogP contribution is 2.31. The maximum atomic E-state index is 13.1. The lowest BCUT2D eigenvalue weighted by atomic mass is 9.91. The number of benzene rings is 2. The molecule has 0 bridgehead atoms. The van der Waals surface area contributed by atoms with Crippen molar-refractivity contribution in [3.05, 3.63) is 47.5 Å². The van der Waals surface area contributed by atoms with Crippen molar-refractivity contribution in [1.82, 2.24) is 10.2 Å². The number of nitrogens with one attached hydrogen (secondary N) is 2. The minimum Gasteiger partial charge on any atom is -0.493 e. The second-order valence-corrected chi connectivity index (χ2v) is 9.78. The molecule has 39 heavy (non-hydrogen) atoms. The van der Waals surface area contributed by atoms with Gasteiger partial charge in [0.15, 0.2) is 11.5 Å². The molecule has 1 aliphatic heterocycles. The molecule has 1 saturated heterocycles. The predicted molar refractivity (Wildman–Crippen MR) is 148 cm³/mol. The van der Waals surface area contributed by atoms with Gasteiger partial charge in [-0.2, -0.15) is 0 Å². The van der Waals surface area contributed by atoms with Crippen LogP contribution in [0.1, 0.15) is 46.4 Å². The van der Waals surface area contributed by atoms with E-state index < -0.39 is 6.09 Å². The van der Waals surface area contributed by atoms with Crippen LogP contribution < -0.4 is 30.7 Å². The summed E-state index contributed by atoms with van der Waals surface area (Å²) in [5.41, 5.74) is 8.17. The van der Waals surface area contributed by atoms with E-state index in [0.717, 1.165) is 31.4 Å². The average Bonchev–Trinajstić information content (AvgIpc) is 2.97. The van der Waals surface area contributed by atoms with Gasteiger partial charge >= 0.3 is 6.09 Å². The van der Waals surface area contributed by atoms with Crippen LogP contribution in [0.15, 0.2) is 36.4 Å². The molecule has 2 aliphatic rings. The molecular weight excluding hydrogens is 502 g/mol. The number of hydrogen-bond acceptors (Lipinski definition) is 8. The second-order valence-electron chi connectivity index (χ2n) is 9.78. The van der Waals surface area contributed by atoms with E-state index in [9.17, 15) is 14.4 Å². The number of anilines is 2. The molecule has 1 aliphatic carbocycles. The number of nitrogens with two attached hydrogens (primary N) is 1. The van der Waals surface area contributed by atoms with Gasteiger partial charge in [-0.05, 0) is 62.1 Å². The van der Waals surface area contributed by atoms with Crippen molar-refractivity contribution in [2.24, 2.45) is 5.73 Å². The molecule has 0 spiro atoms. The number of amides is 3. The molecule has 2 fully saturated rings. The number of carbonyl (C=O) groups is 3. The maximum Gasteiger partial charge on any atom is 0.411 e. The monoisotopic (exact) mass is 539 g/mol. The van der Waals surface area contributed by atoms with Gasteiger partial charge in [-0.1, -0.05) is 0 Å². The molecule has 1 saturated carbocycles. The summed E-state index contributed by atoms with van der Waals surface area (Å²) in [6.07, 6.45) is 2.85. The number of rotatable bonds is 7. The number of methoxy groups -OCH3 is 3. The van der Waals surface area contributed by atoms with Gasteiger partial charge in [0.25, 0.3) is 11.8 Å². The molecule has 1 heterocycles. The van der Waals surface area contributed by atoms with Crippen LogP contribution in [-0.2, 0) is 4.74 Å². The normalized spacial score (nSPS) is 19.2.